The second-order valence-corrected chi connectivity index (χ2v) is 5.47. The van der Waals surface area contributed by atoms with Gasteiger partial charge in [0.15, 0.2) is 11.9 Å². The molecule has 1 aromatic carbocycles. The van der Waals surface area contributed by atoms with Gasteiger partial charge in [0.25, 0.3) is 5.91 Å². The van der Waals surface area contributed by atoms with Gasteiger partial charge in [-0.3, -0.25) is 4.79 Å². The first kappa shape index (κ1) is 15.2. The Hall–Kier alpha value is -2.16. The summed E-state index contributed by atoms with van der Waals surface area (Å²) in [5.41, 5.74) is 4.30. The van der Waals surface area contributed by atoms with Crippen LogP contribution in [0, 0.1) is 13.8 Å². The number of carbonyl (C=O) groups is 1. The van der Waals surface area contributed by atoms with Crippen LogP contribution in [0.2, 0.25) is 0 Å². The molecule has 1 aromatic heterocycles. The van der Waals surface area contributed by atoms with Gasteiger partial charge in [-0.1, -0.05) is 19.1 Å². The predicted octanol–water partition coefficient (Wildman–Crippen LogP) is 3.35. The largest absolute Gasteiger partial charge is 0.320 e. The zero-order valence-corrected chi connectivity index (χ0v) is 13.2. The Bertz CT molecular complexity index is 649. The smallest absolute Gasteiger partial charge is 0.293 e. The fourth-order valence-corrected chi connectivity index (χ4v) is 2.36. The molecule has 1 N–H and O–H groups in total. The lowest BCUT2D eigenvalue weighted by Crippen LogP contribution is -2.47. The number of aromatic nitrogens is 1. The van der Waals surface area contributed by atoms with Gasteiger partial charge in [0.1, 0.15) is 0 Å². The molecule has 1 atom stereocenters. The number of anilines is 1. The minimum Gasteiger partial charge on any atom is -0.320 e. The van der Waals surface area contributed by atoms with E-state index < -0.39 is 0 Å². The van der Waals surface area contributed by atoms with Crippen LogP contribution in [0.3, 0.4) is 0 Å². The van der Waals surface area contributed by atoms with Gasteiger partial charge >= 0.3 is 0 Å². The molecule has 0 unspecified atom stereocenters. The second-order valence-electron chi connectivity index (χ2n) is 5.47. The number of nitrogens with zero attached hydrogens (tertiary/aromatic N) is 1. The zero-order valence-electron chi connectivity index (χ0n) is 13.2. The highest BCUT2D eigenvalue weighted by Crippen LogP contribution is 2.12. The number of hydrogen-bond donors (Lipinski definition) is 1. The Labute approximate surface area is 126 Å². The highest BCUT2D eigenvalue weighted by Gasteiger charge is 2.24. The van der Waals surface area contributed by atoms with E-state index in [1.807, 2.05) is 49.6 Å². The number of rotatable bonds is 4. The monoisotopic (exact) mass is 283 g/mol. The molecule has 0 fully saturated rings. The zero-order chi connectivity index (χ0) is 15.4. The van der Waals surface area contributed by atoms with Crippen molar-refractivity contribution in [1.29, 1.82) is 0 Å². The van der Waals surface area contributed by atoms with Crippen LogP contribution in [0.5, 0.6) is 0 Å². The molecule has 1 amide bonds. The van der Waals surface area contributed by atoms with Gasteiger partial charge in [-0.15, -0.1) is 0 Å². The van der Waals surface area contributed by atoms with Gasteiger partial charge in [0.2, 0.25) is 6.04 Å². The summed E-state index contributed by atoms with van der Waals surface area (Å²) in [4.78, 5) is 12.4. The SMILES string of the molecule is CCc1ccc(C)[n+]([C@@H](C)C(=O)Nc2cccc(C)c2)c1. The quantitative estimate of drug-likeness (QED) is 0.858. The molecule has 0 spiro atoms. The topological polar surface area (TPSA) is 33.0 Å². The van der Waals surface area contributed by atoms with E-state index in [0.29, 0.717) is 0 Å². The van der Waals surface area contributed by atoms with Crippen LogP contribution in [0.15, 0.2) is 42.6 Å². The first-order valence-electron chi connectivity index (χ1n) is 7.39. The van der Waals surface area contributed by atoms with Gasteiger partial charge in [0.05, 0.1) is 0 Å². The van der Waals surface area contributed by atoms with E-state index in [9.17, 15) is 4.79 Å². The summed E-state index contributed by atoms with van der Waals surface area (Å²) in [5.74, 6) is 0.00181. The van der Waals surface area contributed by atoms with E-state index in [0.717, 1.165) is 23.4 Å². The van der Waals surface area contributed by atoms with Crippen molar-refractivity contribution in [3.8, 4) is 0 Å². The Balaban J connectivity index is 2.19. The van der Waals surface area contributed by atoms with Crippen molar-refractivity contribution in [3.63, 3.8) is 0 Å². The standard InChI is InChI=1S/C18H22N2O/c1-5-16-10-9-14(3)20(12-16)15(4)18(21)19-17-8-6-7-13(2)11-17/h6-12,15H,5H2,1-4H3/p+1/t15-/m0/s1. The van der Waals surface area contributed by atoms with Gasteiger partial charge in [-0.05, 0) is 37.1 Å². The normalized spacial score (nSPS) is 12.0. The maximum Gasteiger partial charge on any atom is 0.293 e. The lowest BCUT2D eigenvalue weighted by molar-refractivity contribution is -0.711. The summed E-state index contributed by atoms with van der Waals surface area (Å²) >= 11 is 0. The number of hydrogen-bond acceptors (Lipinski definition) is 1. The van der Waals surface area contributed by atoms with E-state index in [4.69, 9.17) is 0 Å². The number of aryl methyl sites for hydroxylation is 3. The van der Waals surface area contributed by atoms with Crippen molar-refractivity contribution in [1.82, 2.24) is 0 Å². The van der Waals surface area contributed by atoms with Crippen LogP contribution in [-0.2, 0) is 11.2 Å². The molecule has 110 valence electrons. The third kappa shape index (κ3) is 3.69. The second kappa shape index (κ2) is 6.53. The summed E-state index contributed by atoms with van der Waals surface area (Å²) in [6.45, 7) is 8.09. The predicted molar refractivity (Wildman–Crippen MR) is 85.3 cm³/mol. The molecule has 2 rings (SSSR count). The fourth-order valence-electron chi connectivity index (χ4n) is 2.36. The number of benzene rings is 1. The van der Waals surface area contributed by atoms with Crippen LogP contribution < -0.4 is 9.88 Å². The van der Waals surface area contributed by atoms with Crippen molar-refractivity contribution in [3.05, 3.63) is 59.4 Å². The van der Waals surface area contributed by atoms with Crippen LogP contribution in [0.25, 0.3) is 0 Å². The first-order chi connectivity index (χ1) is 10.0. The third-order valence-corrected chi connectivity index (χ3v) is 3.74. The van der Waals surface area contributed by atoms with Gasteiger partial charge in [-0.2, -0.15) is 4.57 Å². The maximum atomic E-state index is 12.4. The molecule has 0 aliphatic heterocycles. The molecular weight excluding hydrogens is 260 g/mol. The Morgan fingerprint density at radius 3 is 2.67 bits per heavy atom. The summed E-state index contributed by atoms with van der Waals surface area (Å²) in [6.07, 6.45) is 3.03. The lowest BCUT2D eigenvalue weighted by atomic mass is 10.1. The summed E-state index contributed by atoms with van der Waals surface area (Å²) in [5, 5.41) is 2.99. The van der Waals surface area contributed by atoms with Crippen LogP contribution in [-0.4, -0.2) is 5.91 Å². The molecule has 0 saturated heterocycles. The molecule has 0 aliphatic rings. The molecule has 21 heavy (non-hydrogen) atoms. The van der Waals surface area contributed by atoms with Gasteiger partial charge in [-0.25, -0.2) is 0 Å². The molecule has 3 heteroatoms. The fraction of sp³-hybridized carbons (Fsp3) is 0.333. The third-order valence-electron chi connectivity index (χ3n) is 3.74. The van der Waals surface area contributed by atoms with Crippen molar-refractivity contribution in [2.75, 3.05) is 5.32 Å². The minimum absolute atomic E-state index is 0.00181. The number of nitrogens with one attached hydrogen (secondary N) is 1. The van der Waals surface area contributed by atoms with Crippen molar-refractivity contribution in [2.45, 2.75) is 40.2 Å². The molecule has 1 heterocycles. The van der Waals surface area contributed by atoms with E-state index in [2.05, 4.69) is 30.6 Å². The first-order valence-corrected chi connectivity index (χ1v) is 7.39. The van der Waals surface area contributed by atoms with Gasteiger partial charge < -0.3 is 5.32 Å². The summed E-state index contributed by atoms with van der Waals surface area (Å²) in [7, 11) is 0. The van der Waals surface area contributed by atoms with Crippen molar-refractivity contribution >= 4 is 11.6 Å². The molecule has 0 saturated carbocycles. The average Bonchev–Trinajstić information content (AvgIpc) is 2.47. The molecule has 2 aromatic rings. The van der Waals surface area contributed by atoms with E-state index >= 15 is 0 Å². The maximum absolute atomic E-state index is 12.4. The average molecular weight is 283 g/mol. The summed E-state index contributed by atoms with van der Waals surface area (Å²) in [6, 6.07) is 11.8. The van der Waals surface area contributed by atoms with Crippen LogP contribution in [0.4, 0.5) is 5.69 Å². The molecule has 3 nitrogen and oxygen atoms in total. The number of pyridine rings is 1. The highest BCUT2D eigenvalue weighted by molar-refractivity contribution is 5.92. The minimum atomic E-state index is -0.239. The number of carbonyl (C=O) groups excluding carboxylic acids is 1. The van der Waals surface area contributed by atoms with Crippen molar-refractivity contribution < 1.29 is 9.36 Å². The lowest BCUT2D eigenvalue weighted by Gasteiger charge is -2.11. The Kier molecular flexibility index (Phi) is 4.73. The molecular formula is C18H23N2O+. The summed E-state index contributed by atoms with van der Waals surface area (Å²) < 4.78 is 2.03. The van der Waals surface area contributed by atoms with Gasteiger partial charge in [0, 0.05) is 31.2 Å². The number of amides is 1. The Morgan fingerprint density at radius 2 is 2.00 bits per heavy atom. The molecule has 0 aliphatic carbocycles. The van der Waals surface area contributed by atoms with E-state index in [1.54, 1.807) is 0 Å². The Morgan fingerprint density at radius 1 is 1.24 bits per heavy atom. The molecule has 0 bridgehead atoms. The van der Waals surface area contributed by atoms with Crippen LogP contribution >= 0.6 is 0 Å². The molecule has 0 radical (unpaired) electrons. The van der Waals surface area contributed by atoms with Crippen LogP contribution in [0.1, 0.15) is 36.7 Å². The highest BCUT2D eigenvalue weighted by atomic mass is 16.2. The van der Waals surface area contributed by atoms with Crippen molar-refractivity contribution in [2.24, 2.45) is 0 Å². The van der Waals surface area contributed by atoms with E-state index in [1.165, 1.54) is 5.56 Å². The van der Waals surface area contributed by atoms with E-state index in [-0.39, 0.29) is 11.9 Å².